The van der Waals surface area contributed by atoms with Gasteiger partial charge in [-0.3, -0.25) is 14.6 Å². The number of aryl methyl sites for hydroxylation is 1. The number of amides is 2. The Labute approximate surface area is 169 Å². The number of pyridine rings is 1. The summed E-state index contributed by atoms with van der Waals surface area (Å²) in [6, 6.07) is 19.2. The Morgan fingerprint density at radius 2 is 1.69 bits per heavy atom. The summed E-state index contributed by atoms with van der Waals surface area (Å²) in [6.07, 6.45) is 0.0929. The van der Waals surface area contributed by atoms with Gasteiger partial charge in [0.1, 0.15) is 5.82 Å². The molecule has 6 heteroatoms. The maximum atomic E-state index is 13.1. The third-order valence-electron chi connectivity index (χ3n) is 4.39. The minimum absolute atomic E-state index is 0.0929. The van der Waals surface area contributed by atoms with E-state index in [9.17, 15) is 14.0 Å². The second kappa shape index (κ2) is 9.59. The van der Waals surface area contributed by atoms with Crippen molar-refractivity contribution >= 4 is 11.8 Å². The maximum absolute atomic E-state index is 13.1. The molecular formula is C23H22FN3O2. The molecule has 1 heterocycles. The van der Waals surface area contributed by atoms with Crippen molar-refractivity contribution in [2.75, 3.05) is 13.1 Å². The van der Waals surface area contributed by atoms with Gasteiger partial charge in [-0.2, -0.15) is 0 Å². The predicted octanol–water partition coefficient (Wildman–Crippen LogP) is 3.28. The fourth-order valence-corrected chi connectivity index (χ4v) is 2.94. The number of carbonyl (C=O) groups is 2. The normalized spacial score (nSPS) is 10.4. The molecule has 2 N–H and O–H groups in total. The number of hydrogen-bond donors (Lipinski definition) is 2. The molecular weight excluding hydrogens is 369 g/mol. The molecule has 0 atom stereocenters. The second-order valence-electron chi connectivity index (χ2n) is 6.61. The Hall–Kier alpha value is -3.54. The number of aromatic nitrogens is 1. The maximum Gasteiger partial charge on any atom is 0.253 e. The van der Waals surface area contributed by atoms with Crippen LogP contribution in [0.15, 0.2) is 66.7 Å². The third-order valence-corrected chi connectivity index (χ3v) is 4.39. The smallest absolute Gasteiger partial charge is 0.253 e. The van der Waals surface area contributed by atoms with Crippen molar-refractivity contribution in [1.82, 2.24) is 15.6 Å². The van der Waals surface area contributed by atoms with E-state index in [0.717, 1.165) is 11.3 Å². The Balaban J connectivity index is 1.47. The Morgan fingerprint density at radius 3 is 2.41 bits per heavy atom. The van der Waals surface area contributed by atoms with E-state index in [2.05, 4.69) is 15.6 Å². The summed E-state index contributed by atoms with van der Waals surface area (Å²) < 4.78 is 13.1. The van der Waals surface area contributed by atoms with Crippen LogP contribution in [0.3, 0.4) is 0 Å². The van der Waals surface area contributed by atoms with Crippen molar-refractivity contribution in [3.05, 3.63) is 89.4 Å². The van der Waals surface area contributed by atoms with Gasteiger partial charge in [0.05, 0.1) is 23.4 Å². The van der Waals surface area contributed by atoms with E-state index in [-0.39, 0.29) is 37.1 Å². The largest absolute Gasteiger partial charge is 0.354 e. The lowest BCUT2D eigenvalue weighted by molar-refractivity contribution is -0.120. The molecule has 0 radical (unpaired) electrons. The van der Waals surface area contributed by atoms with Crippen LogP contribution in [-0.2, 0) is 11.2 Å². The highest BCUT2D eigenvalue weighted by atomic mass is 19.1. The first-order chi connectivity index (χ1) is 14.0. The quantitative estimate of drug-likeness (QED) is 0.607. The topological polar surface area (TPSA) is 71.1 Å². The molecule has 29 heavy (non-hydrogen) atoms. The Bertz CT molecular complexity index is 1010. The lowest BCUT2D eigenvalue weighted by Crippen LogP contribution is -2.35. The van der Waals surface area contributed by atoms with E-state index >= 15 is 0 Å². The van der Waals surface area contributed by atoms with Crippen LogP contribution in [0.25, 0.3) is 11.3 Å². The van der Waals surface area contributed by atoms with Crippen molar-refractivity contribution < 1.29 is 14.0 Å². The monoisotopic (exact) mass is 391 g/mol. The minimum Gasteiger partial charge on any atom is -0.354 e. The van der Waals surface area contributed by atoms with Crippen LogP contribution in [0.4, 0.5) is 4.39 Å². The fourth-order valence-electron chi connectivity index (χ4n) is 2.94. The molecule has 0 unspecified atom stereocenters. The summed E-state index contributed by atoms with van der Waals surface area (Å²) in [5, 5.41) is 5.48. The van der Waals surface area contributed by atoms with Crippen LogP contribution in [-0.4, -0.2) is 29.9 Å². The number of carbonyl (C=O) groups excluding carboxylic acids is 2. The van der Waals surface area contributed by atoms with Crippen molar-refractivity contribution in [3.8, 4) is 11.3 Å². The van der Waals surface area contributed by atoms with Gasteiger partial charge in [0.25, 0.3) is 5.91 Å². The molecule has 0 aliphatic rings. The second-order valence-corrected chi connectivity index (χ2v) is 6.61. The number of benzene rings is 2. The highest BCUT2D eigenvalue weighted by Crippen LogP contribution is 2.18. The lowest BCUT2D eigenvalue weighted by atomic mass is 10.1. The summed E-state index contributed by atoms with van der Waals surface area (Å²) in [5.41, 5.74) is 3.54. The lowest BCUT2D eigenvalue weighted by Gasteiger charge is -2.10. The molecule has 2 amide bonds. The predicted molar refractivity (Wildman–Crippen MR) is 110 cm³/mol. The minimum atomic E-state index is -0.371. The first-order valence-corrected chi connectivity index (χ1v) is 9.35. The van der Waals surface area contributed by atoms with Crippen LogP contribution in [0.2, 0.25) is 0 Å². The van der Waals surface area contributed by atoms with Crippen LogP contribution >= 0.6 is 0 Å². The van der Waals surface area contributed by atoms with Crippen molar-refractivity contribution in [3.63, 3.8) is 0 Å². The zero-order chi connectivity index (χ0) is 20.6. The number of hydrogen-bond acceptors (Lipinski definition) is 3. The van der Waals surface area contributed by atoms with Crippen LogP contribution in [0, 0.1) is 12.7 Å². The third kappa shape index (κ3) is 5.72. The van der Waals surface area contributed by atoms with Gasteiger partial charge in [-0.25, -0.2) is 4.39 Å². The molecule has 0 saturated heterocycles. The highest BCUT2D eigenvalue weighted by molar-refractivity contribution is 5.95. The molecule has 3 rings (SSSR count). The molecule has 1 aromatic heterocycles. The molecule has 0 fully saturated rings. The first-order valence-electron chi connectivity index (χ1n) is 9.35. The van der Waals surface area contributed by atoms with Gasteiger partial charge in [0.2, 0.25) is 5.91 Å². The fraction of sp³-hybridized carbons (Fsp3) is 0.174. The summed E-state index contributed by atoms with van der Waals surface area (Å²) >= 11 is 0. The molecule has 0 aliphatic carbocycles. The van der Waals surface area contributed by atoms with Crippen LogP contribution in [0.1, 0.15) is 21.6 Å². The van der Waals surface area contributed by atoms with Gasteiger partial charge in [0.15, 0.2) is 0 Å². The highest BCUT2D eigenvalue weighted by Gasteiger charge is 2.11. The molecule has 0 bridgehead atoms. The van der Waals surface area contributed by atoms with E-state index < -0.39 is 0 Å². The van der Waals surface area contributed by atoms with E-state index in [1.54, 1.807) is 25.1 Å². The number of rotatable bonds is 7. The summed E-state index contributed by atoms with van der Waals surface area (Å²) in [5.74, 6) is -0.839. The van der Waals surface area contributed by atoms with Crippen LogP contribution in [0.5, 0.6) is 0 Å². The summed E-state index contributed by atoms with van der Waals surface area (Å²) in [7, 11) is 0. The van der Waals surface area contributed by atoms with E-state index in [1.165, 1.54) is 12.1 Å². The van der Waals surface area contributed by atoms with E-state index in [0.29, 0.717) is 16.8 Å². The average Bonchev–Trinajstić information content (AvgIpc) is 2.71. The first kappa shape index (κ1) is 20.2. The molecule has 0 saturated carbocycles. The van der Waals surface area contributed by atoms with Gasteiger partial charge in [-0.1, -0.05) is 42.5 Å². The standard InChI is InChI=1S/C23H22FN3O2/c1-16-20(10-11-21(27-16)18-7-3-2-4-8-18)23(29)26-13-12-25-22(28)15-17-6-5-9-19(24)14-17/h2-11,14H,12-13,15H2,1H3,(H,25,28)(H,26,29). The number of halogens is 1. The van der Waals surface area contributed by atoms with Gasteiger partial charge >= 0.3 is 0 Å². The summed E-state index contributed by atoms with van der Waals surface area (Å²) in [4.78, 5) is 28.8. The van der Waals surface area contributed by atoms with Crippen molar-refractivity contribution in [1.29, 1.82) is 0 Å². The molecule has 5 nitrogen and oxygen atoms in total. The van der Waals surface area contributed by atoms with Crippen molar-refractivity contribution in [2.45, 2.75) is 13.3 Å². The average molecular weight is 391 g/mol. The van der Waals surface area contributed by atoms with Gasteiger partial charge in [0, 0.05) is 18.7 Å². The molecule has 0 spiro atoms. The van der Waals surface area contributed by atoms with Crippen LogP contribution < -0.4 is 10.6 Å². The van der Waals surface area contributed by atoms with E-state index in [1.807, 2.05) is 36.4 Å². The summed E-state index contributed by atoms with van der Waals surface area (Å²) in [6.45, 7) is 2.37. The van der Waals surface area contributed by atoms with E-state index in [4.69, 9.17) is 0 Å². The molecule has 2 aromatic carbocycles. The van der Waals surface area contributed by atoms with Crippen molar-refractivity contribution in [2.24, 2.45) is 0 Å². The van der Waals surface area contributed by atoms with Gasteiger partial charge < -0.3 is 10.6 Å². The number of nitrogens with zero attached hydrogens (tertiary/aromatic N) is 1. The molecule has 148 valence electrons. The number of nitrogens with one attached hydrogen (secondary N) is 2. The molecule has 0 aliphatic heterocycles. The Kier molecular flexibility index (Phi) is 6.68. The van der Waals surface area contributed by atoms with Gasteiger partial charge in [-0.05, 0) is 36.8 Å². The zero-order valence-electron chi connectivity index (χ0n) is 16.1. The zero-order valence-corrected chi connectivity index (χ0v) is 16.1. The Morgan fingerprint density at radius 1 is 0.931 bits per heavy atom. The van der Waals surface area contributed by atoms with Gasteiger partial charge in [-0.15, -0.1) is 0 Å². The molecule has 3 aromatic rings. The SMILES string of the molecule is Cc1nc(-c2ccccc2)ccc1C(=O)NCCNC(=O)Cc1cccc(F)c1.